The highest BCUT2D eigenvalue weighted by Gasteiger charge is 2.60. The second kappa shape index (κ2) is 5.56. The Bertz CT molecular complexity index is 541. The van der Waals surface area contributed by atoms with Crippen molar-refractivity contribution in [1.29, 1.82) is 0 Å². The van der Waals surface area contributed by atoms with E-state index >= 15 is 0 Å². The fraction of sp³-hybridized carbons (Fsp3) is 0.905. The van der Waals surface area contributed by atoms with Gasteiger partial charge < -0.3 is 15.3 Å². The molecule has 4 aliphatic carbocycles. The van der Waals surface area contributed by atoms with Crippen LogP contribution in [0, 0.1) is 34.5 Å². The first-order chi connectivity index (χ1) is 11.3. The topological polar surface area (TPSA) is 60.7 Å². The van der Waals surface area contributed by atoms with E-state index in [9.17, 15) is 15.3 Å². The van der Waals surface area contributed by atoms with Gasteiger partial charge in [0.1, 0.15) is 0 Å². The van der Waals surface area contributed by atoms with Gasteiger partial charge in [0.25, 0.3) is 0 Å². The molecule has 24 heavy (non-hydrogen) atoms. The fourth-order valence-corrected chi connectivity index (χ4v) is 7.53. The molecule has 0 spiro atoms. The van der Waals surface area contributed by atoms with Gasteiger partial charge in [0.05, 0.1) is 18.3 Å². The van der Waals surface area contributed by atoms with Crippen LogP contribution in [0.25, 0.3) is 0 Å². The summed E-state index contributed by atoms with van der Waals surface area (Å²) in [7, 11) is 0. The van der Waals surface area contributed by atoms with E-state index in [4.69, 9.17) is 0 Å². The van der Waals surface area contributed by atoms with E-state index in [0.717, 1.165) is 25.7 Å². The van der Waals surface area contributed by atoms with Crippen molar-refractivity contribution in [3.05, 3.63) is 11.6 Å². The van der Waals surface area contributed by atoms with E-state index in [-0.39, 0.29) is 23.0 Å². The van der Waals surface area contributed by atoms with Gasteiger partial charge in [-0.05, 0) is 74.5 Å². The van der Waals surface area contributed by atoms with Gasteiger partial charge >= 0.3 is 0 Å². The van der Waals surface area contributed by atoms with E-state index in [1.165, 1.54) is 18.4 Å². The maximum Gasteiger partial charge on any atom is 0.0658 e. The van der Waals surface area contributed by atoms with Gasteiger partial charge in [-0.3, -0.25) is 0 Å². The Morgan fingerprint density at radius 2 is 1.88 bits per heavy atom. The standard InChI is InChI=1S/C21H34O3/c1-12(22)16-6-7-17-15-5-4-13-10-14(23)11-19(24)21(13,3)18(15)8-9-20(16,17)2/h4,12,14-19,22-24H,5-11H2,1-3H3/t12-,14-,15+,16-,17+,18+,19+,20-,21+/m1/s1. The van der Waals surface area contributed by atoms with Crippen molar-refractivity contribution in [2.45, 2.75) is 84.0 Å². The molecule has 0 aromatic carbocycles. The second-order valence-electron chi connectivity index (χ2n) is 9.70. The molecule has 3 fully saturated rings. The zero-order chi connectivity index (χ0) is 17.3. The molecule has 3 N–H and O–H groups in total. The van der Waals surface area contributed by atoms with E-state index < -0.39 is 6.10 Å². The summed E-state index contributed by atoms with van der Waals surface area (Å²) < 4.78 is 0. The van der Waals surface area contributed by atoms with Crippen LogP contribution < -0.4 is 0 Å². The largest absolute Gasteiger partial charge is 0.393 e. The average Bonchev–Trinajstić information content (AvgIpc) is 2.86. The van der Waals surface area contributed by atoms with Crippen molar-refractivity contribution < 1.29 is 15.3 Å². The Morgan fingerprint density at radius 1 is 1.12 bits per heavy atom. The molecular formula is C21H34O3. The number of hydrogen-bond acceptors (Lipinski definition) is 3. The molecule has 136 valence electrons. The van der Waals surface area contributed by atoms with Gasteiger partial charge in [-0.25, -0.2) is 0 Å². The van der Waals surface area contributed by atoms with Crippen molar-refractivity contribution in [2.75, 3.05) is 0 Å². The van der Waals surface area contributed by atoms with Crippen LogP contribution >= 0.6 is 0 Å². The van der Waals surface area contributed by atoms with Gasteiger partial charge in [-0.1, -0.05) is 25.5 Å². The highest BCUT2D eigenvalue weighted by molar-refractivity contribution is 5.27. The summed E-state index contributed by atoms with van der Waals surface area (Å²) in [4.78, 5) is 0. The van der Waals surface area contributed by atoms with Gasteiger partial charge in [0.15, 0.2) is 0 Å². The predicted octanol–water partition coefficient (Wildman–Crippen LogP) is 3.28. The molecule has 0 radical (unpaired) electrons. The third kappa shape index (κ3) is 2.13. The predicted molar refractivity (Wildman–Crippen MR) is 94.3 cm³/mol. The molecule has 0 aliphatic heterocycles. The molecule has 0 amide bonds. The summed E-state index contributed by atoms with van der Waals surface area (Å²) in [5.41, 5.74) is 1.42. The third-order valence-corrected chi connectivity index (χ3v) is 8.83. The summed E-state index contributed by atoms with van der Waals surface area (Å²) >= 11 is 0. The fourth-order valence-electron chi connectivity index (χ4n) is 7.53. The lowest BCUT2D eigenvalue weighted by Crippen LogP contribution is -2.55. The Hall–Kier alpha value is -0.380. The quantitative estimate of drug-likeness (QED) is 0.645. The lowest BCUT2D eigenvalue weighted by molar-refractivity contribution is -0.111. The van der Waals surface area contributed by atoms with Gasteiger partial charge in [0.2, 0.25) is 0 Å². The smallest absolute Gasteiger partial charge is 0.0658 e. The first kappa shape index (κ1) is 17.1. The molecule has 4 rings (SSSR count). The molecule has 0 saturated heterocycles. The number of aliphatic hydroxyl groups is 3. The molecule has 0 aromatic heterocycles. The van der Waals surface area contributed by atoms with Crippen LogP contribution in [0.5, 0.6) is 0 Å². The number of rotatable bonds is 1. The number of hydrogen-bond donors (Lipinski definition) is 3. The molecule has 3 nitrogen and oxygen atoms in total. The highest BCUT2D eigenvalue weighted by Crippen LogP contribution is 2.66. The van der Waals surface area contributed by atoms with Crippen molar-refractivity contribution in [3.63, 3.8) is 0 Å². The van der Waals surface area contributed by atoms with Crippen molar-refractivity contribution in [2.24, 2.45) is 34.5 Å². The summed E-state index contributed by atoms with van der Waals surface area (Å²) in [6.45, 7) is 6.65. The molecule has 0 unspecified atom stereocenters. The summed E-state index contributed by atoms with van der Waals surface area (Å²) in [5, 5.41) is 31.2. The number of aliphatic hydroxyl groups excluding tert-OH is 3. The van der Waals surface area contributed by atoms with Crippen LogP contribution in [-0.4, -0.2) is 33.6 Å². The Balaban J connectivity index is 1.68. The third-order valence-electron chi connectivity index (χ3n) is 8.83. The number of fused-ring (bicyclic) bond motifs is 5. The summed E-state index contributed by atoms with van der Waals surface area (Å²) in [6, 6.07) is 0. The Morgan fingerprint density at radius 3 is 2.58 bits per heavy atom. The van der Waals surface area contributed by atoms with E-state index in [1.807, 2.05) is 6.92 Å². The second-order valence-corrected chi connectivity index (χ2v) is 9.70. The maximum atomic E-state index is 10.9. The zero-order valence-corrected chi connectivity index (χ0v) is 15.4. The molecule has 0 bridgehead atoms. The first-order valence-electron chi connectivity index (χ1n) is 10.0. The molecule has 3 saturated carbocycles. The highest BCUT2D eigenvalue weighted by atomic mass is 16.3. The van der Waals surface area contributed by atoms with Gasteiger partial charge in [-0.15, -0.1) is 0 Å². The monoisotopic (exact) mass is 334 g/mol. The molecule has 9 atom stereocenters. The average molecular weight is 335 g/mol. The van der Waals surface area contributed by atoms with Crippen LogP contribution in [0.4, 0.5) is 0 Å². The minimum atomic E-state index is -0.418. The Kier molecular flexibility index (Phi) is 3.95. The van der Waals surface area contributed by atoms with E-state index in [2.05, 4.69) is 19.9 Å². The van der Waals surface area contributed by atoms with Crippen molar-refractivity contribution in [1.82, 2.24) is 0 Å². The van der Waals surface area contributed by atoms with Gasteiger partial charge in [0, 0.05) is 11.8 Å². The first-order valence-corrected chi connectivity index (χ1v) is 10.0. The van der Waals surface area contributed by atoms with Crippen LogP contribution in [-0.2, 0) is 0 Å². The minimum absolute atomic E-state index is 0.146. The lowest BCUT2D eigenvalue weighted by atomic mass is 9.46. The van der Waals surface area contributed by atoms with Crippen LogP contribution in [0.1, 0.15) is 65.7 Å². The normalized spacial score (nSPS) is 55.2. The van der Waals surface area contributed by atoms with Crippen LogP contribution in [0.2, 0.25) is 0 Å². The molecular weight excluding hydrogens is 300 g/mol. The van der Waals surface area contributed by atoms with Crippen LogP contribution in [0.15, 0.2) is 11.6 Å². The van der Waals surface area contributed by atoms with Crippen molar-refractivity contribution >= 4 is 0 Å². The van der Waals surface area contributed by atoms with Crippen molar-refractivity contribution in [3.8, 4) is 0 Å². The Labute approximate surface area is 146 Å². The molecule has 4 aliphatic rings. The maximum absolute atomic E-state index is 10.9. The van der Waals surface area contributed by atoms with E-state index in [1.54, 1.807) is 0 Å². The molecule has 3 heteroatoms. The van der Waals surface area contributed by atoms with Gasteiger partial charge in [-0.2, -0.15) is 0 Å². The molecule has 0 heterocycles. The molecule has 0 aromatic rings. The SMILES string of the molecule is C[C@@H](O)[C@H]1CC[C@H]2[C@@H]3CC=C4C[C@@H](O)C[C@H](O)[C@]4(C)[C@H]3CC[C@]12C. The summed E-state index contributed by atoms with van der Waals surface area (Å²) in [5.74, 6) is 2.27. The number of allylic oxidation sites excluding steroid dienone is 1. The minimum Gasteiger partial charge on any atom is -0.393 e. The summed E-state index contributed by atoms with van der Waals surface area (Å²) in [6.07, 6.45) is 8.42. The zero-order valence-electron chi connectivity index (χ0n) is 15.4. The van der Waals surface area contributed by atoms with Crippen LogP contribution in [0.3, 0.4) is 0 Å². The lowest BCUT2D eigenvalue weighted by Gasteiger charge is -2.59. The van der Waals surface area contributed by atoms with E-state index in [0.29, 0.717) is 30.1 Å².